The summed E-state index contributed by atoms with van der Waals surface area (Å²) in [6.45, 7) is 4.62. The molecule has 2 rings (SSSR count). The highest BCUT2D eigenvalue weighted by molar-refractivity contribution is 5.75. The minimum atomic E-state index is -0.0748. The number of nitrogens with one attached hydrogen (secondary N) is 1. The highest BCUT2D eigenvalue weighted by atomic mass is 15.1. The zero-order valence-electron chi connectivity index (χ0n) is 10.4. The van der Waals surface area contributed by atoms with Gasteiger partial charge in [0.25, 0.3) is 0 Å². The molecule has 0 amide bonds. The fourth-order valence-corrected chi connectivity index (χ4v) is 1.81. The summed E-state index contributed by atoms with van der Waals surface area (Å²) in [5.41, 5.74) is 3.23. The lowest BCUT2D eigenvalue weighted by atomic mass is 10.2. The normalized spacial score (nSPS) is 12.9. The van der Waals surface area contributed by atoms with Gasteiger partial charge in [-0.25, -0.2) is 4.98 Å². The number of aryl methyl sites for hydroxylation is 1. The Morgan fingerprint density at radius 1 is 1.53 bits per heavy atom. The average Bonchev–Trinajstić information content (AvgIpc) is 2.67. The lowest BCUT2D eigenvalue weighted by Gasteiger charge is -2.18. The molecule has 88 valence electrons. The number of nitriles is 1. The molecule has 0 fully saturated rings. The third kappa shape index (κ3) is 2.45. The Morgan fingerprint density at radius 2 is 2.29 bits per heavy atom. The van der Waals surface area contributed by atoms with Crippen molar-refractivity contribution >= 4 is 11.0 Å². The van der Waals surface area contributed by atoms with Gasteiger partial charge in [0, 0.05) is 6.54 Å². The summed E-state index contributed by atoms with van der Waals surface area (Å²) in [5, 5.41) is 8.85. The molecule has 0 aliphatic rings. The zero-order valence-corrected chi connectivity index (χ0v) is 10.4. The van der Waals surface area contributed by atoms with E-state index in [-0.39, 0.29) is 6.04 Å². The summed E-state index contributed by atoms with van der Waals surface area (Å²) in [6.07, 6.45) is 0. The Labute approximate surface area is 101 Å². The van der Waals surface area contributed by atoms with Gasteiger partial charge in [0.1, 0.15) is 5.82 Å². The molecule has 0 aliphatic carbocycles. The van der Waals surface area contributed by atoms with Crippen molar-refractivity contribution in [3.63, 3.8) is 0 Å². The first-order valence-electron chi connectivity index (χ1n) is 5.65. The van der Waals surface area contributed by atoms with Crippen LogP contribution in [0.4, 0.5) is 0 Å². The number of hydrogen-bond donors (Lipinski definition) is 1. The summed E-state index contributed by atoms with van der Waals surface area (Å²) in [7, 11) is 1.95. The van der Waals surface area contributed by atoms with Gasteiger partial charge in [0.2, 0.25) is 0 Å². The van der Waals surface area contributed by atoms with E-state index in [9.17, 15) is 0 Å². The predicted octanol–water partition coefficient (Wildman–Crippen LogP) is 2.22. The van der Waals surface area contributed by atoms with E-state index in [0.29, 0.717) is 0 Å². The molecular formula is C13H16N4. The van der Waals surface area contributed by atoms with E-state index < -0.39 is 0 Å². The molecule has 0 aliphatic heterocycles. The summed E-state index contributed by atoms with van der Waals surface area (Å²) in [6, 6.07) is 8.32. The molecule has 1 heterocycles. The van der Waals surface area contributed by atoms with Crippen LogP contribution in [0.1, 0.15) is 18.3 Å². The Hall–Kier alpha value is -1.86. The molecule has 2 aromatic rings. The number of benzene rings is 1. The third-order valence-corrected chi connectivity index (χ3v) is 2.94. The van der Waals surface area contributed by atoms with Crippen LogP contribution in [-0.2, 0) is 6.54 Å². The number of hydrogen-bond acceptors (Lipinski definition) is 3. The van der Waals surface area contributed by atoms with Crippen LogP contribution in [0.5, 0.6) is 0 Å². The molecule has 1 N–H and O–H groups in total. The molecule has 0 radical (unpaired) electrons. The molecule has 0 spiro atoms. The molecule has 4 nitrogen and oxygen atoms in total. The Balaban J connectivity index is 2.22. The second-order valence-electron chi connectivity index (χ2n) is 4.39. The molecule has 1 unspecified atom stereocenters. The lowest BCUT2D eigenvalue weighted by molar-refractivity contribution is 0.294. The largest absolute Gasteiger partial charge is 0.342 e. The number of nitrogens with zero attached hydrogens (tertiary/aromatic N) is 3. The van der Waals surface area contributed by atoms with Crippen LogP contribution in [0.3, 0.4) is 0 Å². The monoisotopic (exact) mass is 228 g/mol. The molecule has 0 saturated carbocycles. The van der Waals surface area contributed by atoms with E-state index in [4.69, 9.17) is 5.26 Å². The van der Waals surface area contributed by atoms with Crippen molar-refractivity contribution in [2.24, 2.45) is 0 Å². The lowest BCUT2D eigenvalue weighted by Crippen LogP contribution is -2.26. The maximum Gasteiger partial charge on any atom is 0.104 e. The van der Waals surface area contributed by atoms with Gasteiger partial charge in [-0.15, -0.1) is 0 Å². The minimum absolute atomic E-state index is 0.0748. The van der Waals surface area contributed by atoms with Crippen molar-refractivity contribution in [3.05, 3.63) is 29.6 Å². The Bertz CT molecular complexity index is 564. The van der Waals surface area contributed by atoms with Gasteiger partial charge in [-0.3, -0.25) is 4.90 Å². The van der Waals surface area contributed by atoms with E-state index in [0.717, 1.165) is 23.4 Å². The van der Waals surface area contributed by atoms with Gasteiger partial charge in [-0.2, -0.15) is 5.26 Å². The SMILES string of the molecule is Cc1nc2ccc(CN(C)C(C)C#N)cc2[nH]1. The molecule has 0 bridgehead atoms. The van der Waals surface area contributed by atoms with Crippen molar-refractivity contribution in [2.45, 2.75) is 26.4 Å². The van der Waals surface area contributed by atoms with Crippen molar-refractivity contribution in [2.75, 3.05) is 7.05 Å². The van der Waals surface area contributed by atoms with Crippen LogP contribution in [0.2, 0.25) is 0 Å². The van der Waals surface area contributed by atoms with Crippen molar-refractivity contribution in [1.82, 2.24) is 14.9 Å². The summed E-state index contributed by atoms with van der Waals surface area (Å²) >= 11 is 0. The fourth-order valence-electron chi connectivity index (χ4n) is 1.81. The molecule has 0 saturated heterocycles. The first-order valence-corrected chi connectivity index (χ1v) is 5.65. The Kier molecular flexibility index (Phi) is 3.12. The number of rotatable bonds is 3. The van der Waals surface area contributed by atoms with Crippen molar-refractivity contribution in [1.29, 1.82) is 5.26 Å². The third-order valence-electron chi connectivity index (χ3n) is 2.94. The predicted molar refractivity (Wildman–Crippen MR) is 67.4 cm³/mol. The van der Waals surface area contributed by atoms with E-state index >= 15 is 0 Å². The van der Waals surface area contributed by atoms with Crippen LogP contribution in [0.25, 0.3) is 11.0 Å². The summed E-state index contributed by atoms with van der Waals surface area (Å²) < 4.78 is 0. The van der Waals surface area contributed by atoms with Crippen LogP contribution in [-0.4, -0.2) is 28.0 Å². The van der Waals surface area contributed by atoms with Gasteiger partial charge in [0.05, 0.1) is 23.1 Å². The van der Waals surface area contributed by atoms with Crippen LogP contribution >= 0.6 is 0 Å². The average molecular weight is 228 g/mol. The van der Waals surface area contributed by atoms with Crippen molar-refractivity contribution in [3.8, 4) is 6.07 Å². The first-order chi connectivity index (χ1) is 8.10. The molecule has 17 heavy (non-hydrogen) atoms. The fraction of sp³-hybridized carbons (Fsp3) is 0.385. The first kappa shape index (κ1) is 11.6. The molecule has 1 atom stereocenters. The zero-order chi connectivity index (χ0) is 12.4. The molecule has 4 heteroatoms. The number of aromatic amines is 1. The second kappa shape index (κ2) is 4.56. The summed E-state index contributed by atoms with van der Waals surface area (Å²) in [4.78, 5) is 9.60. The molecule has 1 aromatic heterocycles. The molecular weight excluding hydrogens is 212 g/mol. The number of imidazole rings is 1. The van der Waals surface area contributed by atoms with Gasteiger partial charge in [-0.05, 0) is 38.6 Å². The quantitative estimate of drug-likeness (QED) is 0.876. The summed E-state index contributed by atoms with van der Waals surface area (Å²) in [5.74, 6) is 0.927. The van der Waals surface area contributed by atoms with Gasteiger partial charge < -0.3 is 4.98 Å². The second-order valence-corrected chi connectivity index (χ2v) is 4.39. The van der Waals surface area contributed by atoms with Crippen LogP contribution < -0.4 is 0 Å². The highest BCUT2D eigenvalue weighted by Crippen LogP contribution is 2.15. The number of aromatic nitrogens is 2. The highest BCUT2D eigenvalue weighted by Gasteiger charge is 2.09. The standard InChI is InChI=1S/C13H16N4/c1-9(7-14)17(3)8-11-4-5-12-13(6-11)16-10(2)15-12/h4-6,9H,8H2,1-3H3,(H,15,16). The topological polar surface area (TPSA) is 55.7 Å². The van der Waals surface area contributed by atoms with Gasteiger partial charge >= 0.3 is 0 Å². The van der Waals surface area contributed by atoms with E-state index in [1.807, 2.05) is 31.9 Å². The van der Waals surface area contributed by atoms with Crippen LogP contribution in [0, 0.1) is 18.3 Å². The number of H-pyrrole nitrogens is 1. The molecule has 1 aromatic carbocycles. The van der Waals surface area contributed by atoms with E-state index in [1.165, 1.54) is 5.56 Å². The Morgan fingerprint density at radius 3 is 3.00 bits per heavy atom. The maximum absolute atomic E-state index is 8.85. The van der Waals surface area contributed by atoms with E-state index in [1.54, 1.807) is 0 Å². The van der Waals surface area contributed by atoms with Crippen LogP contribution in [0.15, 0.2) is 18.2 Å². The van der Waals surface area contributed by atoms with E-state index in [2.05, 4.69) is 28.2 Å². The minimum Gasteiger partial charge on any atom is -0.342 e. The van der Waals surface area contributed by atoms with Gasteiger partial charge in [0.15, 0.2) is 0 Å². The smallest absolute Gasteiger partial charge is 0.104 e. The number of fused-ring (bicyclic) bond motifs is 1. The maximum atomic E-state index is 8.85. The van der Waals surface area contributed by atoms with Crippen molar-refractivity contribution < 1.29 is 0 Å². The van der Waals surface area contributed by atoms with Gasteiger partial charge in [-0.1, -0.05) is 6.07 Å².